The summed E-state index contributed by atoms with van der Waals surface area (Å²) in [4.78, 5) is 16.9. The number of benzene rings is 1. The van der Waals surface area contributed by atoms with Gasteiger partial charge in [-0.2, -0.15) is 0 Å². The van der Waals surface area contributed by atoms with E-state index in [0.29, 0.717) is 10.8 Å². The second-order valence-electron chi connectivity index (χ2n) is 4.49. The first-order valence-corrected chi connectivity index (χ1v) is 6.59. The number of hydrogen-bond donors (Lipinski definition) is 1. The van der Waals surface area contributed by atoms with E-state index >= 15 is 0 Å². The van der Waals surface area contributed by atoms with Crippen LogP contribution in [0.3, 0.4) is 0 Å². The largest absolute Gasteiger partial charge is 0.478 e. The van der Waals surface area contributed by atoms with Crippen molar-refractivity contribution in [2.45, 2.75) is 6.42 Å². The van der Waals surface area contributed by atoms with Gasteiger partial charge in [0.2, 0.25) is 0 Å². The van der Waals surface area contributed by atoms with E-state index in [1.54, 1.807) is 0 Å². The van der Waals surface area contributed by atoms with Gasteiger partial charge in [-0.05, 0) is 18.1 Å². The third-order valence-electron chi connectivity index (χ3n) is 3.01. The summed E-state index contributed by atoms with van der Waals surface area (Å²) in [6, 6.07) is 11.5. The number of halogens is 1. The molecule has 0 saturated heterocycles. The summed E-state index contributed by atoms with van der Waals surface area (Å²) in [7, 11) is 1.89. The van der Waals surface area contributed by atoms with Gasteiger partial charge < -0.3 is 10.0 Å². The van der Waals surface area contributed by atoms with E-state index in [9.17, 15) is 4.79 Å². The molecule has 0 radical (unpaired) electrons. The van der Waals surface area contributed by atoms with Crippen molar-refractivity contribution in [3.05, 3.63) is 58.7 Å². The molecular formula is C15H15ClN2O2. The van der Waals surface area contributed by atoms with Crippen molar-refractivity contribution in [2.75, 3.05) is 18.5 Å². The molecule has 0 aliphatic rings. The zero-order valence-corrected chi connectivity index (χ0v) is 11.8. The Balaban J connectivity index is 2.06. The Morgan fingerprint density at radius 2 is 2.05 bits per heavy atom. The summed E-state index contributed by atoms with van der Waals surface area (Å²) in [5.74, 6) is -0.439. The first-order chi connectivity index (χ1) is 9.58. The van der Waals surface area contributed by atoms with Crippen LogP contribution in [-0.4, -0.2) is 29.7 Å². The molecule has 1 aromatic heterocycles. The molecule has 0 bridgehead atoms. The van der Waals surface area contributed by atoms with E-state index < -0.39 is 5.97 Å². The fourth-order valence-electron chi connectivity index (χ4n) is 1.88. The van der Waals surface area contributed by atoms with Crippen LogP contribution in [0.15, 0.2) is 42.6 Å². The Bertz CT molecular complexity index is 602. The molecule has 0 unspecified atom stereocenters. The van der Waals surface area contributed by atoms with Crippen LogP contribution in [0.25, 0.3) is 0 Å². The van der Waals surface area contributed by atoms with E-state index in [0.717, 1.165) is 13.0 Å². The molecule has 1 aromatic carbocycles. The highest BCUT2D eigenvalue weighted by Crippen LogP contribution is 2.23. The Hall–Kier alpha value is -2.07. The molecule has 1 heterocycles. The number of pyridine rings is 1. The van der Waals surface area contributed by atoms with Crippen LogP contribution >= 0.6 is 11.6 Å². The summed E-state index contributed by atoms with van der Waals surface area (Å²) < 4.78 is 0. The molecule has 2 rings (SSSR count). The molecule has 0 fully saturated rings. The van der Waals surface area contributed by atoms with Gasteiger partial charge >= 0.3 is 5.97 Å². The number of anilines is 1. The average Bonchev–Trinajstić information content (AvgIpc) is 2.45. The van der Waals surface area contributed by atoms with Crippen LogP contribution in [0.2, 0.25) is 5.02 Å². The van der Waals surface area contributed by atoms with Crippen molar-refractivity contribution >= 4 is 23.4 Å². The third-order valence-corrected chi connectivity index (χ3v) is 3.29. The highest BCUT2D eigenvalue weighted by molar-refractivity contribution is 6.33. The quantitative estimate of drug-likeness (QED) is 0.919. The molecule has 0 saturated carbocycles. The van der Waals surface area contributed by atoms with E-state index in [1.807, 2.05) is 30.1 Å². The van der Waals surface area contributed by atoms with Gasteiger partial charge in [0, 0.05) is 19.8 Å². The van der Waals surface area contributed by atoms with Gasteiger partial charge in [0.05, 0.1) is 10.6 Å². The minimum atomic E-state index is -1.03. The maximum absolute atomic E-state index is 10.8. The lowest BCUT2D eigenvalue weighted by atomic mass is 10.1. The van der Waals surface area contributed by atoms with Crippen molar-refractivity contribution in [2.24, 2.45) is 0 Å². The molecule has 2 aromatic rings. The maximum atomic E-state index is 10.8. The SMILES string of the molecule is CN(CCc1ccccc1)c1ncc(C(=O)O)cc1Cl. The number of carboxylic acid groups (broad SMARTS) is 1. The Morgan fingerprint density at radius 3 is 2.65 bits per heavy atom. The molecule has 0 atom stereocenters. The normalized spacial score (nSPS) is 10.3. The minimum Gasteiger partial charge on any atom is -0.478 e. The lowest BCUT2D eigenvalue weighted by Crippen LogP contribution is -2.22. The van der Waals surface area contributed by atoms with Crippen LogP contribution in [0.5, 0.6) is 0 Å². The van der Waals surface area contributed by atoms with Crippen LogP contribution in [0, 0.1) is 0 Å². The summed E-state index contributed by atoms with van der Waals surface area (Å²) in [6.45, 7) is 0.753. The highest BCUT2D eigenvalue weighted by Gasteiger charge is 2.11. The number of nitrogens with zero attached hydrogens (tertiary/aromatic N) is 2. The number of carbonyl (C=O) groups is 1. The molecule has 20 heavy (non-hydrogen) atoms. The Labute approximate surface area is 122 Å². The van der Waals surface area contributed by atoms with E-state index in [2.05, 4.69) is 17.1 Å². The minimum absolute atomic E-state index is 0.0928. The van der Waals surface area contributed by atoms with Gasteiger partial charge in [-0.3, -0.25) is 0 Å². The molecule has 104 valence electrons. The van der Waals surface area contributed by atoms with Crippen molar-refractivity contribution in [3.63, 3.8) is 0 Å². The Kier molecular flexibility index (Phi) is 4.58. The fraction of sp³-hybridized carbons (Fsp3) is 0.200. The zero-order valence-electron chi connectivity index (χ0n) is 11.1. The standard InChI is InChI=1S/C15H15ClN2O2/c1-18(8-7-11-5-3-2-4-6-11)14-13(16)9-12(10-17-14)15(19)20/h2-6,9-10H,7-8H2,1H3,(H,19,20). The van der Waals surface area contributed by atoms with E-state index in [4.69, 9.17) is 16.7 Å². The van der Waals surface area contributed by atoms with Gasteiger partial charge in [0.15, 0.2) is 0 Å². The molecule has 1 N–H and O–H groups in total. The maximum Gasteiger partial charge on any atom is 0.337 e. The molecule has 0 aliphatic carbocycles. The summed E-state index contributed by atoms with van der Waals surface area (Å²) in [5.41, 5.74) is 1.33. The molecule has 4 nitrogen and oxygen atoms in total. The summed E-state index contributed by atoms with van der Waals surface area (Å²) in [5, 5.41) is 9.23. The fourth-order valence-corrected chi connectivity index (χ4v) is 2.19. The monoisotopic (exact) mass is 290 g/mol. The number of hydrogen-bond acceptors (Lipinski definition) is 3. The molecular weight excluding hydrogens is 276 g/mol. The number of rotatable bonds is 5. The topological polar surface area (TPSA) is 53.4 Å². The van der Waals surface area contributed by atoms with Gasteiger partial charge in [-0.15, -0.1) is 0 Å². The van der Waals surface area contributed by atoms with Crippen molar-refractivity contribution < 1.29 is 9.90 Å². The second kappa shape index (κ2) is 6.39. The zero-order chi connectivity index (χ0) is 14.5. The number of carboxylic acids is 1. The third kappa shape index (κ3) is 3.48. The first kappa shape index (κ1) is 14.3. The lowest BCUT2D eigenvalue weighted by molar-refractivity contribution is 0.0696. The van der Waals surface area contributed by atoms with Gasteiger partial charge in [-0.25, -0.2) is 9.78 Å². The Morgan fingerprint density at radius 1 is 1.35 bits per heavy atom. The van der Waals surface area contributed by atoms with Crippen molar-refractivity contribution in [3.8, 4) is 0 Å². The molecule has 0 aliphatic heterocycles. The van der Waals surface area contributed by atoms with Crippen LogP contribution < -0.4 is 4.90 Å². The summed E-state index contributed by atoms with van der Waals surface area (Å²) in [6.07, 6.45) is 2.19. The van der Waals surface area contributed by atoms with Crippen LogP contribution in [-0.2, 0) is 6.42 Å². The van der Waals surface area contributed by atoms with Gasteiger partial charge in [0.25, 0.3) is 0 Å². The average molecular weight is 291 g/mol. The van der Waals surface area contributed by atoms with Crippen molar-refractivity contribution in [1.29, 1.82) is 0 Å². The number of aromatic nitrogens is 1. The van der Waals surface area contributed by atoms with Gasteiger partial charge in [0.1, 0.15) is 5.82 Å². The number of aromatic carboxylic acids is 1. The smallest absolute Gasteiger partial charge is 0.337 e. The molecule has 0 spiro atoms. The first-order valence-electron chi connectivity index (χ1n) is 6.22. The predicted molar refractivity (Wildman–Crippen MR) is 79.6 cm³/mol. The highest BCUT2D eigenvalue weighted by atomic mass is 35.5. The van der Waals surface area contributed by atoms with E-state index in [-0.39, 0.29) is 5.56 Å². The molecule has 5 heteroatoms. The van der Waals surface area contributed by atoms with Gasteiger partial charge in [-0.1, -0.05) is 41.9 Å². The number of likely N-dealkylation sites (N-methyl/N-ethyl adjacent to an activating group) is 1. The summed E-state index contributed by atoms with van der Waals surface area (Å²) >= 11 is 6.08. The van der Waals surface area contributed by atoms with Crippen LogP contribution in [0.1, 0.15) is 15.9 Å². The molecule has 0 amide bonds. The predicted octanol–water partition coefficient (Wildman–Crippen LogP) is 3.11. The van der Waals surface area contributed by atoms with Crippen molar-refractivity contribution in [1.82, 2.24) is 4.98 Å². The lowest BCUT2D eigenvalue weighted by Gasteiger charge is -2.19. The van der Waals surface area contributed by atoms with E-state index in [1.165, 1.54) is 17.8 Å². The van der Waals surface area contributed by atoms with Crippen LogP contribution in [0.4, 0.5) is 5.82 Å². The second-order valence-corrected chi connectivity index (χ2v) is 4.90.